The zero-order valence-electron chi connectivity index (χ0n) is 22.9. The van der Waals surface area contributed by atoms with Gasteiger partial charge in [0, 0.05) is 43.2 Å². The van der Waals surface area contributed by atoms with Crippen molar-refractivity contribution in [2.75, 3.05) is 37.7 Å². The van der Waals surface area contributed by atoms with Crippen LogP contribution in [0.25, 0.3) is 28.1 Å². The highest BCUT2D eigenvalue weighted by atomic mass is 32.2. The number of fused-ring (bicyclic) bond motifs is 2. The maximum Gasteiger partial charge on any atom is 0.254 e. The molecule has 0 radical (unpaired) electrons. The number of likely N-dealkylation sites (tertiary alicyclic amines) is 1. The molecule has 1 spiro atoms. The summed E-state index contributed by atoms with van der Waals surface area (Å²) in [6.07, 6.45) is 5.46. The zero-order valence-corrected chi connectivity index (χ0v) is 23.7. The van der Waals surface area contributed by atoms with Gasteiger partial charge in [-0.3, -0.25) is 13.9 Å². The molecule has 4 aromatic rings. The van der Waals surface area contributed by atoms with Gasteiger partial charge in [-0.2, -0.15) is 0 Å². The third kappa shape index (κ3) is 4.12. The SMILES string of the molecule is COc1cc(C(=O)N2CCCC23CNC3)cc2nc(-c3cc4ccc(NS(C)(=O)=O)nc4n3CC3CC3)c(C)n12. The van der Waals surface area contributed by atoms with Gasteiger partial charge in [-0.05, 0) is 62.8 Å². The van der Waals surface area contributed by atoms with Crippen LogP contribution in [-0.4, -0.2) is 76.7 Å². The highest BCUT2D eigenvalue weighted by molar-refractivity contribution is 7.92. The van der Waals surface area contributed by atoms with Gasteiger partial charge in [0.15, 0.2) is 5.88 Å². The lowest BCUT2D eigenvalue weighted by molar-refractivity contribution is 0.0456. The maximum absolute atomic E-state index is 13.7. The summed E-state index contributed by atoms with van der Waals surface area (Å²) in [6, 6.07) is 9.29. The fourth-order valence-electron chi connectivity index (χ4n) is 6.30. The number of aromatic nitrogens is 4. The number of hydrogen-bond acceptors (Lipinski definition) is 7. The standard InChI is InChI=1S/C28H33N7O4S/c1-17-25(21-11-19-7-8-22(32-40(3,37)38)30-26(19)33(21)14-18-5-6-18)31-23-12-20(13-24(39-2)35(17)23)27(36)34-10-4-9-28(34)15-29-16-28/h7-8,11-13,18,29H,4-6,9-10,14-16H2,1-3H3,(H,30,32). The molecule has 0 atom stereocenters. The van der Waals surface area contributed by atoms with Gasteiger partial charge in [0.1, 0.15) is 22.8 Å². The highest BCUT2D eigenvalue weighted by Gasteiger charge is 2.48. The van der Waals surface area contributed by atoms with E-state index in [0.29, 0.717) is 28.7 Å². The Bertz CT molecular complexity index is 1780. The predicted octanol–water partition coefficient (Wildman–Crippen LogP) is 3.03. The lowest BCUT2D eigenvalue weighted by Crippen LogP contribution is -2.67. The number of pyridine rings is 2. The Morgan fingerprint density at radius 1 is 1.20 bits per heavy atom. The molecule has 7 rings (SSSR count). The first-order chi connectivity index (χ1) is 19.2. The van der Waals surface area contributed by atoms with Crippen LogP contribution < -0.4 is 14.8 Å². The number of imidazole rings is 1. The normalized spacial score (nSPS) is 18.5. The van der Waals surface area contributed by atoms with Crippen LogP contribution in [0.4, 0.5) is 5.82 Å². The molecule has 40 heavy (non-hydrogen) atoms. The Hall–Kier alpha value is -3.64. The number of nitrogens with one attached hydrogen (secondary N) is 2. The number of hydrogen-bond donors (Lipinski definition) is 2. The zero-order chi connectivity index (χ0) is 27.8. The number of anilines is 1. The molecule has 6 heterocycles. The van der Waals surface area contributed by atoms with Gasteiger partial charge >= 0.3 is 0 Å². The molecule has 11 nitrogen and oxygen atoms in total. The molecule has 4 aromatic heterocycles. The quantitative estimate of drug-likeness (QED) is 0.354. The van der Waals surface area contributed by atoms with Crippen molar-refractivity contribution in [3.63, 3.8) is 0 Å². The summed E-state index contributed by atoms with van der Waals surface area (Å²) < 4.78 is 36.1. The van der Waals surface area contributed by atoms with Crippen LogP contribution in [0.5, 0.6) is 5.88 Å². The van der Waals surface area contributed by atoms with Gasteiger partial charge in [0.25, 0.3) is 5.91 Å². The minimum absolute atomic E-state index is 0.0138. The van der Waals surface area contributed by atoms with Crippen LogP contribution in [0.15, 0.2) is 30.3 Å². The minimum atomic E-state index is -3.46. The van der Waals surface area contributed by atoms with E-state index >= 15 is 0 Å². The van der Waals surface area contributed by atoms with E-state index in [0.717, 1.165) is 80.6 Å². The summed E-state index contributed by atoms with van der Waals surface area (Å²) in [5.74, 6) is 1.40. The summed E-state index contributed by atoms with van der Waals surface area (Å²) in [4.78, 5) is 25.4. The van der Waals surface area contributed by atoms with Crippen LogP contribution >= 0.6 is 0 Å². The summed E-state index contributed by atoms with van der Waals surface area (Å²) in [7, 11) is -1.84. The van der Waals surface area contributed by atoms with Crippen molar-refractivity contribution in [2.45, 2.75) is 44.7 Å². The molecule has 3 aliphatic rings. The Labute approximate surface area is 232 Å². The lowest BCUT2D eigenvalue weighted by atomic mass is 9.89. The molecule has 1 saturated carbocycles. The van der Waals surface area contributed by atoms with Gasteiger partial charge in [-0.15, -0.1) is 0 Å². The molecule has 2 N–H and O–H groups in total. The number of rotatable bonds is 7. The lowest BCUT2D eigenvalue weighted by Gasteiger charge is -2.46. The van der Waals surface area contributed by atoms with Crippen molar-refractivity contribution in [1.29, 1.82) is 0 Å². The molecule has 0 unspecified atom stereocenters. The topological polar surface area (TPSA) is 123 Å². The molecule has 3 fully saturated rings. The number of carbonyl (C=O) groups excluding carboxylic acids is 1. The predicted molar refractivity (Wildman–Crippen MR) is 152 cm³/mol. The number of methoxy groups -OCH3 is 1. The number of sulfonamides is 1. The molecule has 1 amide bonds. The molecular formula is C28H33N7O4S. The van der Waals surface area contributed by atoms with E-state index in [1.165, 1.54) is 0 Å². The van der Waals surface area contributed by atoms with Crippen LogP contribution in [0.2, 0.25) is 0 Å². The fourth-order valence-corrected chi connectivity index (χ4v) is 6.79. The number of amides is 1. The van der Waals surface area contributed by atoms with Crippen LogP contribution in [0, 0.1) is 12.8 Å². The van der Waals surface area contributed by atoms with Gasteiger partial charge in [0.05, 0.1) is 30.3 Å². The summed E-state index contributed by atoms with van der Waals surface area (Å²) >= 11 is 0. The van der Waals surface area contributed by atoms with Crippen molar-refractivity contribution in [3.05, 3.63) is 41.6 Å². The van der Waals surface area contributed by atoms with E-state index in [2.05, 4.69) is 25.7 Å². The van der Waals surface area contributed by atoms with Crippen molar-refractivity contribution in [2.24, 2.45) is 5.92 Å². The van der Waals surface area contributed by atoms with Crippen molar-refractivity contribution in [3.8, 4) is 17.3 Å². The van der Waals surface area contributed by atoms with Crippen molar-refractivity contribution >= 4 is 38.4 Å². The molecular weight excluding hydrogens is 530 g/mol. The Kier molecular flexibility index (Phi) is 5.66. The Morgan fingerprint density at radius 2 is 2.00 bits per heavy atom. The first-order valence-corrected chi connectivity index (χ1v) is 15.6. The largest absolute Gasteiger partial charge is 0.482 e. The molecule has 210 valence electrons. The maximum atomic E-state index is 13.7. The third-order valence-electron chi connectivity index (χ3n) is 8.54. The molecule has 1 aliphatic carbocycles. The number of aryl methyl sites for hydroxylation is 1. The molecule has 2 saturated heterocycles. The summed E-state index contributed by atoms with van der Waals surface area (Å²) in [5.41, 5.74) is 4.43. The second-order valence-corrected chi connectivity index (χ2v) is 13.2. The van der Waals surface area contributed by atoms with E-state index in [1.807, 2.05) is 34.4 Å². The number of nitrogens with zero attached hydrogens (tertiary/aromatic N) is 5. The summed E-state index contributed by atoms with van der Waals surface area (Å²) in [6.45, 7) is 5.21. The van der Waals surface area contributed by atoms with Gasteiger partial charge < -0.3 is 19.5 Å². The van der Waals surface area contributed by atoms with E-state index in [1.54, 1.807) is 13.2 Å². The van der Waals surface area contributed by atoms with Crippen LogP contribution in [0.1, 0.15) is 41.7 Å². The second-order valence-electron chi connectivity index (χ2n) is 11.5. The average molecular weight is 564 g/mol. The molecule has 0 aromatic carbocycles. The first kappa shape index (κ1) is 25.3. The molecule has 12 heteroatoms. The number of ether oxygens (including phenoxy) is 1. The summed E-state index contributed by atoms with van der Waals surface area (Å²) in [5, 5.41) is 4.24. The number of carbonyl (C=O) groups is 1. The van der Waals surface area contributed by atoms with Crippen molar-refractivity contribution in [1.82, 2.24) is 29.2 Å². The molecule has 2 aliphatic heterocycles. The minimum Gasteiger partial charge on any atom is -0.482 e. The van der Waals surface area contributed by atoms with Crippen LogP contribution in [0.3, 0.4) is 0 Å². The van der Waals surface area contributed by atoms with Gasteiger partial charge in [0.2, 0.25) is 10.0 Å². The third-order valence-corrected chi connectivity index (χ3v) is 9.12. The fraction of sp³-hybridized carbons (Fsp3) is 0.464. The van der Waals surface area contributed by atoms with E-state index in [4.69, 9.17) is 9.72 Å². The van der Waals surface area contributed by atoms with E-state index in [9.17, 15) is 13.2 Å². The Morgan fingerprint density at radius 3 is 2.67 bits per heavy atom. The van der Waals surface area contributed by atoms with Crippen LogP contribution in [-0.2, 0) is 16.6 Å². The molecule has 0 bridgehead atoms. The van der Waals surface area contributed by atoms with E-state index in [-0.39, 0.29) is 17.3 Å². The highest BCUT2D eigenvalue weighted by Crippen LogP contribution is 2.38. The smallest absolute Gasteiger partial charge is 0.254 e. The van der Waals surface area contributed by atoms with Crippen molar-refractivity contribution < 1.29 is 17.9 Å². The Balaban J connectivity index is 1.35. The first-order valence-electron chi connectivity index (χ1n) is 13.7. The van der Waals surface area contributed by atoms with Gasteiger partial charge in [-0.25, -0.2) is 18.4 Å². The van der Waals surface area contributed by atoms with E-state index < -0.39 is 10.0 Å². The monoisotopic (exact) mass is 563 g/mol. The average Bonchev–Trinajstić information content (AvgIpc) is 3.33. The van der Waals surface area contributed by atoms with Gasteiger partial charge in [-0.1, -0.05) is 0 Å². The second kappa shape index (κ2) is 8.93.